The van der Waals surface area contributed by atoms with Crippen LogP contribution in [0.4, 0.5) is 3.89 Å². The summed E-state index contributed by atoms with van der Waals surface area (Å²) in [6.07, 6.45) is 3.21. The minimum absolute atomic E-state index is 0.392. The van der Waals surface area contributed by atoms with Gasteiger partial charge in [-0.05, 0) is 12.8 Å². The van der Waals surface area contributed by atoms with Crippen molar-refractivity contribution >= 4 is 16.2 Å². The molecule has 4 nitrogen and oxygen atoms in total. The second-order valence-electron chi connectivity index (χ2n) is 4.02. The zero-order valence-corrected chi connectivity index (χ0v) is 9.48. The van der Waals surface area contributed by atoms with Gasteiger partial charge in [0.15, 0.2) is 0 Å². The first-order chi connectivity index (χ1) is 6.90. The maximum absolute atomic E-state index is 12.7. The molecule has 1 fully saturated rings. The van der Waals surface area contributed by atoms with Gasteiger partial charge in [-0.15, -0.1) is 3.89 Å². The largest absolute Gasteiger partial charge is 0.469 e. The number of ether oxygens (including phenoxy) is 1. The van der Waals surface area contributed by atoms with E-state index >= 15 is 0 Å². The standard InChI is InChI=1S/C9H15FO4S/c1-14-8(11)9(7-15(10,12)13)5-3-2-4-6-9/h2-7H2,1H3. The van der Waals surface area contributed by atoms with Crippen molar-refractivity contribution in [2.24, 2.45) is 5.41 Å². The second-order valence-corrected chi connectivity index (χ2v) is 5.38. The van der Waals surface area contributed by atoms with Crippen LogP contribution in [-0.2, 0) is 19.8 Å². The van der Waals surface area contributed by atoms with Crippen molar-refractivity contribution in [1.29, 1.82) is 0 Å². The Balaban J connectivity index is 2.90. The maximum atomic E-state index is 12.7. The third-order valence-corrected chi connectivity index (χ3v) is 3.78. The van der Waals surface area contributed by atoms with E-state index in [0.717, 1.165) is 19.3 Å². The van der Waals surface area contributed by atoms with E-state index in [2.05, 4.69) is 4.74 Å². The van der Waals surface area contributed by atoms with Gasteiger partial charge >= 0.3 is 16.2 Å². The van der Waals surface area contributed by atoms with Crippen LogP contribution < -0.4 is 0 Å². The van der Waals surface area contributed by atoms with Crippen molar-refractivity contribution in [1.82, 2.24) is 0 Å². The van der Waals surface area contributed by atoms with E-state index in [1.807, 2.05) is 0 Å². The van der Waals surface area contributed by atoms with Gasteiger partial charge in [0, 0.05) is 0 Å². The molecule has 15 heavy (non-hydrogen) atoms. The summed E-state index contributed by atoms with van der Waals surface area (Å²) < 4.78 is 38.5. The highest BCUT2D eigenvalue weighted by molar-refractivity contribution is 7.86. The van der Waals surface area contributed by atoms with E-state index in [-0.39, 0.29) is 0 Å². The number of methoxy groups -OCH3 is 1. The molecule has 0 bridgehead atoms. The molecule has 1 aliphatic rings. The van der Waals surface area contributed by atoms with Crippen molar-refractivity contribution in [2.75, 3.05) is 12.9 Å². The number of halogens is 1. The normalized spacial score (nSPS) is 20.9. The Hall–Kier alpha value is -0.650. The van der Waals surface area contributed by atoms with E-state index in [4.69, 9.17) is 0 Å². The molecule has 1 rings (SSSR count). The van der Waals surface area contributed by atoms with Gasteiger partial charge in [-0.3, -0.25) is 4.79 Å². The molecule has 0 aromatic heterocycles. The van der Waals surface area contributed by atoms with Crippen LogP contribution >= 0.6 is 0 Å². The van der Waals surface area contributed by atoms with Crippen LogP contribution in [0.25, 0.3) is 0 Å². The van der Waals surface area contributed by atoms with Gasteiger partial charge in [-0.2, -0.15) is 8.42 Å². The van der Waals surface area contributed by atoms with Gasteiger partial charge in [0.05, 0.1) is 18.3 Å². The molecule has 1 saturated carbocycles. The van der Waals surface area contributed by atoms with Gasteiger partial charge in [0.2, 0.25) is 0 Å². The monoisotopic (exact) mass is 238 g/mol. The highest BCUT2D eigenvalue weighted by atomic mass is 32.3. The van der Waals surface area contributed by atoms with Crippen molar-refractivity contribution in [2.45, 2.75) is 32.1 Å². The zero-order chi connectivity index (χ0) is 11.5. The van der Waals surface area contributed by atoms with Crippen molar-refractivity contribution in [3.63, 3.8) is 0 Å². The van der Waals surface area contributed by atoms with Gasteiger partial charge in [-0.1, -0.05) is 19.3 Å². The minimum Gasteiger partial charge on any atom is -0.469 e. The van der Waals surface area contributed by atoms with Crippen LogP contribution in [0.15, 0.2) is 0 Å². The lowest BCUT2D eigenvalue weighted by Gasteiger charge is -2.32. The SMILES string of the molecule is COC(=O)C1(CS(=O)(=O)F)CCCCC1. The van der Waals surface area contributed by atoms with E-state index in [1.54, 1.807) is 0 Å². The smallest absolute Gasteiger partial charge is 0.312 e. The summed E-state index contributed by atoms with van der Waals surface area (Å²) in [5.74, 6) is -1.35. The highest BCUT2D eigenvalue weighted by Gasteiger charge is 2.44. The predicted molar refractivity (Wildman–Crippen MR) is 52.4 cm³/mol. The van der Waals surface area contributed by atoms with Crippen LogP contribution in [0, 0.1) is 5.41 Å². The number of hydrogen-bond donors (Lipinski definition) is 0. The molecule has 0 aliphatic heterocycles. The summed E-state index contributed by atoms with van der Waals surface area (Å²) in [5, 5.41) is 0. The molecule has 0 aromatic rings. The van der Waals surface area contributed by atoms with Crippen LogP contribution in [0.3, 0.4) is 0 Å². The van der Waals surface area contributed by atoms with Crippen LogP contribution in [0.5, 0.6) is 0 Å². The first-order valence-electron chi connectivity index (χ1n) is 4.90. The van der Waals surface area contributed by atoms with Crippen LogP contribution in [0.2, 0.25) is 0 Å². The van der Waals surface area contributed by atoms with E-state index in [1.165, 1.54) is 7.11 Å². The molecular weight excluding hydrogens is 223 g/mol. The molecular formula is C9H15FO4S. The third-order valence-electron chi connectivity index (χ3n) is 2.88. The fraction of sp³-hybridized carbons (Fsp3) is 0.889. The number of rotatable bonds is 3. The number of carbonyl (C=O) groups is 1. The number of hydrogen-bond acceptors (Lipinski definition) is 4. The molecule has 0 saturated heterocycles. The molecule has 0 aromatic carbocycles. The summed E-state index contributed by atoms with van der Waals surface area (Å²) in [4.78, 5) is 11.5. The van der Waals surface area contributed by atoms with Gasteiger partial charge in [0.25, 0.3) is 0 Å². The summed E-state index contributed by atoms with van der Waals surface area (Å²) in [6, 6.07) is 0. The third kappa shape index (κ3) is 3.15. The Morgan fingerprint density at radius 2 is 1.87 bits per heavy atom. The molecule has 6 heteroatoms. The van der Waals surface area contributed by atoms with Crippen molar-refractivity contribution < 1.29 is 21.8 Å². The van der Waals surface area contributed by atoms with E-state index in [9.17, 15) is 17.1 Å². The van der Waals surface area contributed by atoms with Gasteiger partial charge < -0.3 is 4.74 Å². The van der Waals surface area contributed by atoms with Crippen molar-refractivity contribution in [3.8, 4) is 0 Å². The maximum Gasteiger partial charge on any atom is 0.312 e. The Bertz CT molecular complexity index is 330. The van der Waals surface area contributed by atoms with Gasteiger partial charge in [0.1, 0.15) is 0 Å². The Morgan fingerprint density at radius 3 is 2.27 bits per heavy atom. The fourth-order valence-electron chi connectivity index (χ4n) is 2.18. The summed E-state index contributed by atoms with van der Waals surface area (Å²) in [6.45, 7) is 0. The van der Waals surface area contributed by atoms with Crippen LogP contribution in [0.1, 0.15) is 32.1 Å². The lowest BCUT2D eigenvalue weighted by molar-refractivity contribution is -0.153. The molecule has 0 radical (unpaired) electrons. The molecule has 0 unspecified atom stereocenters. The second kappa shape index (κ2) is 4.47. The quantitative estimate of drug-likeness (QED) is 0.551. The molecule has 0 heterocycles. The average molecular weight is 238 g/mol. The van der Waals surface area contributed by atoms with Crippen molar-refractivity contribution in [3.05, 3.63) is 0 Å². The average Bonchev–Trinajstić information content (AvgIpc) is 2.15. The molecule has 0 amide bonds. The summed E-state index contributed by atoms with van der Waals surface area (Å²) >= 11 is 0. The summed E-state index contributed by atoms with van der Waals surface area (Å²) in [5.41, 5.74) is -1.15. The van der Waals surface area contributed by atoms with E-state index < -0.39 is 27.4 Å². The topological polar surface area (TPSA) is 60.4 Å². The molecule has 88 valence electrons. The zero-order valence-electron chi connectivity index (χ0n) is 8.66. The van der Waals surface area contributed by atoms with Gasteiger partial charge in [-0.25, -0.2) is 0 Å². The Morgan fingerprint density at radius 1 is 1.33 bits per heavy atom. The lowest BCUT2D eigenvalue weighted by Crippen LogP contribution is -2.39. The minimum atomic E-state index is -4.64. The molecule has 1 aliphatic carbocycles. The number of carbonyl (C=O) groups excluding carboxylic acids is 1. The number of esters is 1. The summed E-state index contributed by atoms with van der Waals surface area (Å²) in [7, 11) is -3.44. The van der Waals surface area contributed by atoms with Crippen LogP contribution in [-0.4, -0.2) is 27.2 Å². The first kappa shape index (κ1) is 12.4. The molecule has 0 spiro atoms. The fourth-order valence-corrected chi connectivity index (χ4v) is 3.25. The highest BCUT2D eigenvalue weighted by Crippen LogP contribution is 2.38. The molecule has 0 N–H and O–H groups in total. The Kier molecular flexibility index (Phi) is 3.70. The lowest BCUT2D eigenvalue weighted by atomic mass is 9.75. The van der Waals surface area contributed by atoms with E-state index in [0.29, 0.717) is 12.8 Å². The predicted octanol–water partition coefficient (Wildman–Crippen LogP) is 1.41. The first-order valence-corrected chi connectivity index (χ1v) is 6.46. The molecule has 0 atom stereocenters. The Labute approximate surface area is 89.0 Å².